The molecule has 0 aliphatic carbocycles. The summed E-state index contributed by atoms with van der Waals surface area (Å²) in [5.74, 6) is 0. The van der Waals surface area contributed by atoms with Gasteiger partial charge in [0.15, 0.2) is 0 Å². The summed E-state index contributed by atoms with van der Waals surface area (Å²) in [6, 6.07) is 15.0. The normalized spacial score (nSPS) is 17.9. The number of aryl methyl sites for hydroxylation is 1. The predicted molar refractivity (Wildman–Crippen MR) is 95.4 cm³/mol. The van der Waals surface area contributed by atoms with Gasteiger partial charge in [-0.3, -0.25) is 0 Å². The molecular formula is C19H19NO4S. The quantitative estimate of drug-likeness (QED) is 0.838. The van der Waals surface area contributed by atoms with Gasteiger partial charge in [-0.2, -0.15) is 4.31 Å². The van der Waals surface area contributed by atoms with Crippen LogP contribution in [0.5, 0.6) is 0 Å². The van der Waals surface area contributed by atoms with E-state index in [-0.39, 0.29) is 11.5 Å². The number of nitrogens with zero attached hydrogens (tertiary/aromatic N) is 1. The van der Waals surface area contributed by atoms with Gasteiger partial charge in [-0.05, 0) is 30.2 Å². The Kier molecular flexibility index (Phi) is 4.63. The van der Waals surface area contributed by atoms with Crippen LogP contribution in [0.4, 0.5) is 4.79 Å². The Hall–Kier alpha value is -2.60. The van der Waals surface area contributed by atoms with Crippen LogP contribution < -0.4 is 0 Å². The Morgan fingerprint density at radius 2 is 1.76 bits per heavy atom. The maximum Gasteiger partial charge on any atom is 0.424 e. The zero-order valence-electron chi connectivity index (χ0n) is 13.9. The molecule has 1 fully saturated rings. The fourth-order valence-corrected chi connectivity index (χ4v) is 4.34. The second-order valence-electron chi connectivity index (χ2n) is 5.92. The summed E-state index contributed by atoms with van der Waals surface area (Å²) in [7, 11) is -4.03. The van der Waals surface area contributed by atoms with E-state index in [0.717, 1.165) is 15.4 Å². The number of carbonyl (C=O) groups excluding carboxylic acids is 1. The number of rotatable bonds is 4. The van der Waals surface area contributed by atoms with E-state index >= 15 is 0 Å². The Morgan fingerprint density at radius 1 is 1.12 bits per heavy atom. The Balaban J connectivity index is 2.02. The van der Waals surface area contributed by atoms with Crippen molar-refractivity contribution in [2.24, 2.45) is 0 Å². The Bertz CT molecular complexity index is 889. The first-order valence-corrected chi connectivity index (χ1v) is 9.37. The lowest BCUT2D eigenvalue weighted by Gasteiger charge is -2.35. The first kappa shape index (κ1) is 17.2. The first-order chi connectivity index (χ1) is 11.9. The molecule has 2 aromatic rings. The van der Waals surface area contributed by atoms with Gasteiger partial charge in [0.2, 0.25) is 0 Å². The van der Waals surface area contributed by atoms with Crippen molar-refractivity contribution in [1.29, 1.82) is 0 Å². The van der Waals surface area contributed by atoms with Crippen LogP contribution in [0.2, 0.25) is 0 Å². The SMILES string of the molecule is C=C(c1ccccc1)C1CCOC(=O)N1S(=O)(=O)c1ccc(C)cc1. The summed E-state index contributed by atoms with van der Waals surface area (Å²) in [4.78, 5) is 12.4. The predicted octanol–water partition coefficient (Wildman–Crippen LogP) is 3.61. The van der Waals surface area contributed by atoms with Gasteiger partial charge in [0, 0.05) is 6.42 Å². The third-order valence-electron chi connectivity index (χ3n) is 4.20. The van der Waals surface area contributed by atoms with Crippen molar-refractivity contribution >= 4 is 21.7 Å². The minimum absolute atomic E-state index is 0.0582. The van der Waals surface area contributed by atoms with Crippen LogP contribution in [0.15, 0.2) is 66.1 Å². The molecule has 6 heteroatoms. The first-order valence-electron chi connectivity index (χ1n) is 7.93. The third-order valence-corrected chi connectivity index (χ3v) is 5.99. The maximum absolute atomic E-state index is 13.0. The number of hydrogen-bond acceptors (Lipinski definition) is 4. The van der Waals surface area contributed by atoms with Gasteiger partial charge in [-0.25, -0.2) is 13.2 Å². The van der Waals surface area contributed by atoms with Gasteiger partial charge < -0.3 is 4.74 Å². The number of sulfonamides is 1. The molecule has 2 aromatic carbocycles. The van der Waals surface area contributed by atoms with E-state index in [2.05, 4.69) is 6.58 Å². The van der Waals surface area contributed by atoms with Gasteiger partial charge in [-0.1, -0.05) is 54.6 Å². The lowest BCUT2D eigenvalue weighted by Crippen LogP contribution is -2.49. The van der Waals surface area contributed by atoms with Crippen LogP contribution in [0, 0.1) is 6.92 Å². The van der Waals surface area contributed by atoms with E-state index in [9.17, 15) is 13.2 Å². The highest BCUT2D eigenvalue weighted by Crippen LogP contribution is 2.31. The fraction of sp³-hybridized carbons (Fsp3) is 0.211. The third kappa shape index (κ3) is 3.30. The second kappa shape index (κ2) is 6.72. The summed E-state index contributed by atoms with van der Waals surface area (Å²) in [5.41, 5.74) is 2.31. The lowest BCUT2D eigenvalue weighted by molar-refractivity contribution is 0.0903. The molecule has 0 bridgehead atoms. The van der Waals surface area contributed by atoms with Gasteiger partial charge in [0.25, 0.3) is 10.0 Å². The van der Waals surface area contributed by atoms with Gasteiger partial charge in [0.1, 0.15) is 0 Å². The average Bonchev–Trinajstić information content (AvgIpc) is 2.61. The maximum atomic E-state index is 13.0. The number of carbonyl (C=O) groups is 1. The summed E-state index contributed by atoms with van der Waals surface area (Å²) in [6.45, 7) is 6.07. The van der Waals surface area contributed by atoms with Crippen molar-refractivity contribution < 1.29 is 17.9 Å². The summed E-state index contributed by atoms with van der Waals surface area (Å²) >= 11 is 0. The van der Waals surface area contributed by atoms with Gasteiger partial charge in [-0.15, -0.1) is 0 Å². The molecule has 1 aliphatic rings. The zero-order chi connectivity index (χ0) is 18.0. The highest BCUT2D eigenvalue weighted by atomic mass is 32.2. The summed E-state index contributed by atoms with van der Waals surface area (Å²) in [5, 5.41) is 0. The van der Waals surface area contributed by atoms with E-state index in [1.165, 1.54) is 12.1 Å². The van der Waals surface area contributed by atoms with Crippen molar-refractivity contribution in [3.8, 4) is 0 Å². The fourth-order valence-electron chi connectivity index (χ4n) is 2.82. The molecule has 0 aromatic heterocycles. The Labute approximate surface area is 147 Å². The number of cyclic esters (lactones) is 1. The molecule has 3 rings (SSSR count). The monoisotopic (exact) mass is 357 g/mol. The summed E-state index contributed by atoms with van der Waals surface area (Å²) in [6.07, 6.45) is -0.501. The molecule has 1 amide bonds. The van der Waals surface area contributed by atoms with Gasteiger partial charge >= 0.3 is 6.09 Å². The van der Waals surface area contributed by atoms with Crippen LogP contribution in [-0.4, -0.2) is 31.5 Å². The van der Waals surface area contributed by atoms with Crippen LogP contribution >= 0.6 is 0 Å². The minimum Gasteiger partial charge on any atom is -0.449 e. The zero-order valence-corrected chi connectivity index (χ0v) is 14.7. The number of ether oxygens (including phenoxy) is 1. The number of benzene rings is 2. The van der Waals surface area contributed by atoms with Crippen molar-refractivity contribution in [2.45, 2.75) is 24.3 Å². The summed E-state index contributed by atoms with van der Waals surface area (Å²) < 4.78 is 31.9. The molecule has 130 valence electrons. The van der Waals surface area contributed by atoms with Crippen molar-refractivity contribution in [2.75, 3.05) is 6.61 Å². The number of hydrogen-bond donors (Lipinski definition) is 0. The lowest BCUT2D eigenvalue weighted by atomic mass is 9.97. The Morgan fingerprint density at radius 3 is 2.40 bits per heavy atom. The molecule has 0 spiro atoms. The molecule has 1 unspecified atom stereocenters. The van der Waals surface area contributed by atoms with Crippen LogP contribution in [0.1, 0.15) is 17.5 Å². The molecule has 1 heterocycles. The van der Waals surface area contributed by atoms with Crippen LogP contribution in [-0.2, 0) is 14.8 Å². The standard InChI is InChI=1S/C19H19NO4S/c1-14-8-10-17(11-9-14)25(22,23)20-18(12-13-24-19(20)21)15(2)16-6-4-3-5-7-16/h3-11,18H,2,12-13H2,1H3. The molecule has 1 saturated heterocycles. The topological polar surface area (TPSA) is 63.7 Å². The van der Waals surface area contributed by atoms with E-state index in [1.807, 2.05) is 37.3 Å². The van der Waals surface area contributed by atoms with E-state index in [4.69, 9.17) is 4.74 Å². The second-order valence-corrected chi connectivity index (χ2v) is 7.74. The molecule has 0 saturated carbocycles. The molecule has 5 nitrogen and oxygen atoms in total. The molecular weight excluding hydrogens is 338 g/mol. The van der Waals surface area contributed by atoms with Crippen molar-refractivity contribution in [1.82, 2.24) is 4.31 Å². The molecule has 25 heavy (non-hydrogen) atoms. The molecule has 0 radical (unpaired) electrons. The smallest absolute Gasteiger partial charge is 0.424 e. The van der Waals surface area contributed by atoms with E-state index in [0.29, 0.717) is 12.0 Å². The largest absolute Gasteiger partial charge is 0.449 e. The van der Waals surface area contributed by atoms with Crippen molar-refractivity contribution in [3.63, 3.8) is 0 Å². The van der Waals surface area contributed by atoms with Crippen molar-refractivity contribution in [3.05, 3.63) is 72.3 Å². The van der Waals surface area contributed by atoms with Crippen LogP contribution in [0.25, 0.3) is 5.57 Å². The minimum atomic E-state index is -4.03. The van der Waals surface area contributed by atoms with E-state index in [1.54, 1.807) is 12.1 Å². The molecule has 1 aliphatic heterocycles. The highest BCUT2D eigenvalue weighted by molar-refractivity contribution is 7.89. The average molecular weight is 357 g/mol. The molecule has 1 atom stereocenters. The number of amides is 1. The highest BCUT2D eigenvalue weighted by Gasteiger charge is 2.41. The van der Waals surface area contributed by atoms with E-state index < -0.39 is 22.2 Å². The molecule has 0 N–H and O–H groups in total. The van der Waals surface area contributed by atoms with Gasteiger partial charge in [0.05, 0.1) is 17.5 Å². The van der Waals surface area contributed by atoms with Crippen LogP contribution in [0.3, 0.4) is 0 Å².